The molecule has 0 aromatic carbocycles. The average molecular weight is 475 g/mol. The molecule has 0 spiro atoms. The van der Waals surface area contributed by atoms with E-state index in [0.29, 0.717) is 6.61 Å². The fraction of sp³-hybridized carbons (Fsp3) is 1.00. The van der Waals surface area contributed by atoms with E-state index in [0.717, 1.165) is 18.6 Å². The summed E-state index contributed by atoms with van der Waals surface area (Å²) in [5.41, 5.74) is -2.83. The van der Waals surface area contributed by atoms with E-state index in [-0.39, 0.29) is 19.5 Å². The molecule has 1 atom stereocenters. The minimum Gasteiger partial charge on any atom is -0.793 e. The summed E-state index contributed by atoms with van der Waals surface area (Å²) in [7, 11) is 0. The second-order valence-corrected chi connectivity index (χ2v) is 13.2. The third-order valence-electron chi connectivity index (χ3n) is 4.49. The van der Waals surface area contributed by atoms with Crippen LogP contribution in [0.4, 0.5) is 0 Å². The van der Waals surface area contributed by atoms with Crippen LogP contribution in [0.2, 0.25) is 0 Å². The topological polar surface area (TPSA) is 32.3 Å². The zero-order valence-electron chi connectivity index (χ0n) is 17.5. The van der Waals surface area contributed by atoms with Gasteiger partial charge in [-0.3, -0.25) is 0 Å². The molecule has 1 unspecified atom stereocenters. The van der Waals surface area contributed by atoms with Gasteiger partial charge in [0.25, 0.3) is 0 Å². The quantitative estimate of drug-likeness (QED) is 0.103. The van der Waals surface area contributed by atoms with Gasteiger partial charge in [-0.25, -0.2) is 0 Å². The average Bonchev–Trinajstić information content (AvgIpc) is 2.59. The molecule has 0 radical (unpaired) electrons. The monoisotopic (exact) mass is 473 g/mol. The van der Waals surface area contributed by atoms with Crippen molar-refractivity contribution in [2.75, 3.05) is 12.4 Å². The zero-order valence-corrected chi connectivity index (χ0v) is 23.0. The summed E-state index contributed by atoms with van der Waals surface area (Å²) in [6, 6.07) is 0. The Balaban J connectivity index is 0. The molecule has 0 aliphatic rings. The van der Waals surface area contributed by atoms with Crippen molar-refractivity contribution in [1.82, 2.24) is 0 Å². The summed E-state index contributed by atoms with van der Waals surface area (Å²) in [6.07, 6.45) is 20.5. The van der Waals surface area contributed by atoms with Crippen molar-refractivity contribution >= 4 is 28.9 Å². The van der Waals surface area contributed by atoms with Crippen LogP contribution in [0.25, 0.3) is 0 Å². The molecule has 0 heterocycles. The van der Waals surface area contributed by atoms with E-state index in [9.17, 15) is 4.89 Å². The van der Waals surface area contributed by atoms with Crippen LogP contribution in [0.3, 0.4) is 0 Å². The molecule has 26 heavy (non-hydrogen) atoms. The first-order valence-corrected chi connectivity index (χ1v) is 15.0. The standard InChI is InChI=1S/C20H43O2PS2.Zn/c1-3-5-7-9-11-13-15-17-19-22-23(21,24)25-20-18-16-14-12-10-8-6-4-2;/h3-20H2,1-2H3,(H,21,24);/p-1. The predicted molar refractivity (Wildman–Crippen MR) is 118 cm³/mol. The van der Waals surface area contributed by atoms with E-state index < -0.39 is 5.69 Å². The normalized spacial score (nSPS) is 13.3. The summed E-state index contributed by atoms with van der Waals surface area (Å²) >= 11 is 6.51. The molecule has 0 aliphatic heterocycles. The van der Waals surface area contributed by atoms with Gasteiger partial charge in [0.05, 0.1) is 6.61 Å². The maximum Gasteiger partial charge on any atom is 0.0513 e. The van der Waals surface area contributed by atoms with Crippen molar-refractivity contribution in [3.8, 4) is 0 Å². The van der Waals surface area contributed by atoms with Crippen molar-refractivity contribution in [3.05, 3.63) is 0 Å². The van der Waals surface area contributed by atoms with Gasteiger partial charge in [-0.2, -0.15) is 0 Å². The number of rotatable bonds is 20. The van der Waals surface area contributed by atoms with Gasteiger partial charge >= 0.3 is 0 Å². The van der Waals surface area contributed by atoms with Crippen LogP contribution in [-0.4, -0.2) is 12.4 Å². The van der Waals surface area contributed by atoms with E-state index in [1.54, 1.807) is 0 Å². The molecule has 0 aromatic rings. The maximum absolute atomic E-state index is 12.2. The first kappa shape index (κ1) is 29.7. The summed E-state index contributed by atoms with van der Waals surface area (Å²) in [5, 5.41) is 0. The Labute approximate surface area is 186 Å². The van der Waals surface area contributed by atoms with Gasteiger partial charge in [-0.15, -0.1) is 11.4 Å². The Hall–Kier alpha value is 1.54. The number of unbranched alkanes of at least 4 members (excludes halogenated alkanes) is 14. The van der Waals surface area contributed by atoms with E-state index >= 15 is 0 Å². The molecular weight excluding hydrogens is 433 g/mol. The van der Waals surface area contributed by atoms with E-state index in [1.807, 2.05) is 0 Å². The van der Waals surface area contributed by atoms with Crippen molar-refractivity contribution < 1.29 is 28.9 Å². The van der Waals surface area contributed by atoms with E-state index in [2.05, 4.69) is 13.8 Å². The molecule has 0 aliphatic carbocycles. The molecule has 0 saturated carbocycles. The Bertz CT molecular complexity index is 294. The van der Waals surface area contributed by atoms with Gasteiger partial charge in [0.1, 0.15) is 0 Å². The van der Waals surface area contributed by atoms with Gasteiger partial charge in [-0.1, -0.05) is 116 Å². The molecule has 0 bridgehead atoms. The van der Waals surface area contributed by atoms with Crippen molar-refractivity contribution in [1.29, 1.82) is 0 Å². The molecule has 0 amide bonds. The van der Waals surface area contributed by atoms with E-state index in [4.69, 9.17) is 16.3 Å². The summed E-state index contributed by atoms with van der Waals surface area (Å²) in [5.74, 6) is 0.882. The van der Waals surface area contributed by atoms with Crippen molar-refractivity contribution in [2.24, 2.45) is 0 Å². The molecule has 0 saturated heterocycles. The van der Waals surface area contributed by atoms with Crippen LogP contribution in [0.1, 0.15) is 117 Å². The summed E-state index contributed by atoms with van der Waals surface area (Å²) in [6.45, 7) is 5.07. The maximum atomic E-state index is 12.2. The summed E-state index contributed by atoms with van der Waals surface area (Å²) < 4.78 is 5.48. The molecule has 0 fully saturated rings. The number of hydrogen-bond donors (Lipinski definition) is 0. The van der Waals surface area contributed by atoms with Gasteiger partial charge in [0.2, 0.25) is 0 Å². The molecule has 154 valence electrons. The Morgan fingerprint density at radius 2 is 1.08 bits per heavy atom. The van der Waals surface area contributed by atoms with Crippen molar-refractivity contribution in [2.45, 2.75) is 117 Å². The SMILES string of the molecule is CCCCCCCCCCOP([O-])(=S)SCCCCCCCCCC.[Zn]. The smallest absolute Gasteiger partial charge is 0.0513 e. The van der Waals surface area contributed by atoms with Crippen LogP contribution >= 0.6 is 17.1 Å². The molecule has 6 heteroatoms. The first-order valence-electron chi connectivity index (χ1n) is 10.7. The predicted octanol–water partition coefficient (Wildman–Crippen LogP) is 7.60. The van der Waals surface area contributed by atoms with Crippen LogP contribution in [0.15, 0.2) is 0 Å². The van der Waals surface area contributed by atoms with Crippen molar-refractivity contribution in [3.63, 3.8) is 0 Å². The van der Waals surface area contributed by atoms with Crippen LogP contribution in [-0.2, 0) is 35.8 Å². The third-order valence-corrected chi connectivity index (χ3v) is 8.86. The fourth-order valence-corrected chi connectivity index (χ4v) is 6.25. The minimum atomic E-state index is -2.83. The Kier molecular flexibility index (Phi) is 26.1. The molecule has 0 aromatic heterocycles. The summed E-state index contributed by atoms with van der Waals surface area (Å²) in [4.78, 5) is 12.2. The van der Waals surface area contributed by atoms with E-state index in [1.165, 1.54) is 101 Å². The number of hydrogen-bond acceptors (Lipinski definition) is 4. The molecule has 2 nitrogen and oxygen atoms in total. The Morgan fingerprint density at radius 1 is 0.692 bits per heavy atom. The zero-order chi connectivity index (χ0) is 18.6. The van der Waals surface area contributed by atoms with Crippen LogP contribution in [0, 0.1) is 0 Å². The second-order valence-electron chi connectivity index (χ2n) is 7.06. The Morgan fingerprint density at radius 3 is 1.54 bits per heavy atom. The van der Waals surface area contributed by atoms with Gasteiger partial charge in [-0.05, 0) is 18.6 Å². The fourth-order valence-electron chi connectivity index (χ4n) is 2.86. The second kappa shape index (κ2) is 22.8. The van der Waals surface area contributed by atoms with Gasteiger partial charge in [0.15, 0.2) is 0 Å². The first-order chi connectivity index (χ1) is 12.1. The van der Waals surface area contributed by atoms with Crippen LogP contribution < -0.4 is 4.89 Å². The van der Waals surface area contributed by atoms with Gasteiger partial charge < -0.3 is 9.42 Å². The minimum absolute atomic E-state index is 0. The largest absolute Gasteiger partial charge is 0.793 e. The van der Waals surface area contributed by atoms with Crippen LogP contribution in [0.5, 0.6) is 0 Å². The molecule has 0 rings (SSSR count). The van der Waals surface area contributed by atoms with Gasteiger partial charge in [0, 0.05) is 25.2 Å². The molecule has 0 N–H and O–H groups in total. The molecular formula is C20H42O2PS2Zn-. The third kappa shape index (κ3) is 23.6.